The molecule has 0 amide bonds. The Bertz CT molecular complexity index is 819. The number of ether oxygens (including phenoxy) is 5. The van der Waals surface area contributed by atoms with Crippen LogP contribution in [0.1, 0.15) is 85.0 Å². The van der Waals surface area contributed by atoms with Crippen LogP contribution < -0.4 is 0 Å². The monoisotopic (exact) mass is 462 g/mol. The standard InChI is InChI=1S/C27H42O6/c1-4-5-7-24(28)16-23(3)19(6-8-27(23)31-13-14-32-27)18-15-20-26(33-20)17-25(29-11-12-30-25)10-9-22(26,2)21(18)24/h18-21,28H,4-17H2,1-3H3/t18-,19-,20+,21-,22+,23-,24-,26+/m0/s1. The van der Waals surface area contributed by atoms with Gasteiger partial charge in [-0.25, -0.2) is 0 Å². The molecule has 3 aliphatic heterocycles. The Hall–Kier alpha value is -0.240. The largest absolute Gasteiger partial charge is 0.390 e. The lowest BCUT2D eigenvalue weighted by molar-refractivity contribution is -0.294. The van der Waals surface area contributed by atoms with E-state index in [2.05, 4.69) is 20.8 Å². The molecule has 0 bridgehead atoms. The average molecular weight is 463 g/mol. The molecule has 186 valence electrons. The highest BCUT2D eigenvalue weighted by Gasteiger charge is 2.82. The van der Waals surface area contributed by atoms with Gasteiger partial charge in [0.2, 0.25) is 0 Å². The molecule has 0 radical (unpaired) electrons. The number of hydrogen-bond donors (Lipinski definition) is 1. The lowest BCUT2D eigenvalue weighted by Gasteiger charge is -2.65. The number of rotatable bonds is 3. The second kappa shape index (κ2) is 6.74. The second-order valence-corrected chi connectivity index (χ2v) is 13.0. The zero-order valence-electron chi connectivity index (χ0n) is 20.7. The highest BCUT2D eigenvalue weighted by atomic mass is 16.7. The zero-order chi connectivity index (χ0) is 22.7. The highest BCUT2D eigenvalue weighted by molar-refractivity contribution is 5.29. The Balaban J connectivity index is 1.30. The first-order chi connectivity index (χ1) is 15.8. The fourth-order valence-electron chi connectivity index (χ4n) is 10.5. The maximum absolute atomic E-state index is 12.7. The minimum Gasteiger partial charge on any atom is -0.390 e. The molecular weight excluding hydrogens is 420 g/mol. The molecule has 7 fully saturated rings. The van der Waals surface area contributed by atoms with E-state index in [9.17, 15) is 5.11 Å². The molecule has 3 spiro atoms. The van der Waals surface area contributed by atoms with Gasteiger partial charge in [-0.2, -0.15) is 0 Å². The van der Waals surface area contributed by atoms with E-state index in [4.69, 9.17) is 23.7 Å². The predicted molar refractivity (Wildman–Crippen MR) is 120 cm³/mol. The first-order valence-electron chi connectivity index (χ1n) is 13.7. The van der Waals surface area contributed by atoms with Crippen LogP contribution in [0.4, 0.5) is 0 Å². The smallest absolute Gasteiger partial charge is 0.174 e. The summed E-state index contributed by atoms with van der Waals surface area (Å²) in [5.74, 6) is 0.225. The van der Waals surface area contributed by atoms with Crippen molar-refractivity contribution in [2.24, 2.45) is 28.6 Å². The first kappa shape index (κ1) is 22.0. The molecule has 4 saturated carbocycles. The minimum absolute atomic E-state index is 0.0574. The van der Waals surface area contributed by atoms with Crippen molar-refractivity contribution in [2.45, 2.75) is 114 Å². The van der Waals surface area contributed by atoms with Crippen LogP contribution in [0.25, 0.3) is 0 Å². The van der Waals surface area contributed by atoms with Crippen LogP contribution in [0, 0.1) is 28.6 Å². The molecule has 33 heavy (non-hydrogen) atoms. The number of aliphatic hydroxyl groups is 1. The Morgan fingerprint density at radius 1 is 0.879 bits per heavy atom. The minimum atomic E-state index is -0.723. The van der Waals surface area contributed by atoms with E-state index in [0.29, 0.717) is 38.3 Å². The molecule has 0 aromatic heterocycles. The van der Waals surface area contributed by atoms with Crippen molar-refractivity contribution < 1.29 is 28.8 Å². The molecular formula is C27H42O6. The third kappa shape index (κ3) is 2.56. The van der Waals surface area contributed by atoms with Gasteiger partial charge in [-0.3, -0.25) is 0 Å². The molecule has 0 aromatic rings. The van der Waals surface area contributed by atoms with Crippen LogP contribution in [0.2, 0.25) is 0 Å². The zero-order valence-corrected chi connectivity index (χ0v) is 20.7. The first-order valence-corrected chi connectivity index (χ1v) is 13.7. The maximum Gasteiger partial charge on any atom is 0.174 e. The molecule has 1 N–H and O–H groups in total. The molecule has 6 heteroatoms. The molecule has 4 aliphatic carbocycles. The van der Waals surface area contributed by atoms with Gasteiger partial charge in [0.15, 0.2) is 11.6 Å². The van der Waals surface area contributed by atoms with Crippen molar-refractivity contribution in [2.75, 3.05) is 26.4 Å². The average Bonchev–Trinajstić information content (AvgIpc) is 3.14. The van der Waals surface area contributed by atoms with Gasteiger partial charge in [0.1, 0.15) is 5.60 Å². The van der Waals surface area contributed by atoms with Gasteiger partial charge in [0.25, 0.3) is 0 Å². The van der Waals surface area contributed by atoms with Crippen molar-refractivity contribution in [3.8, 4) is 0 Å². The Labute approximate surface area is 198 Å². The van der Waals surface area contributed by atoms with Crippen molar-refractivity contribution in [1.82, 2.24) is 0 Å². The van der Waals surface area contributed by atoms with Crippen LogP contribution in [-0.2, 0) is 23.7 Å². The predicted octanol–water partition coefficient (Wildman–Crippen LogP) is 4.18. The SMILES string of the molecule is CCCC[C@]1(O)C[C@@]2(C)[C@@H](CCC23OCCO3)[C@@H]2C[C@H]3O[C@]34CC3(CC[C@]4(C)[C@H]21)OCCO3. The Morgan fingerprint density at radius 3 is 2.33 bits per heavy atom. The highest BCUT2D eigenvalue weighted by Crippen LogP contribution is 2.78. The number of epoxide rings is 1. The van der Waals surface area contributed by atoms with Crippen molar-refractivity contribution >= 4 is 0 Å². The third-order valence-electron chi connectivity index (χ3n) is 11.7. The number of fused-ring (bicyclic) bond motifs is 5. The summed E-state index contributed by atoms with van der Waals surface area (Å²) in [6.07, 6.45) is 9.92. The molecule has 3 heterocycles. The van der Waals surface area contributed by atoms with Crippen LogP contribution in [0.5, 0.6) is 0 Å². The van der Waals surface area contributed by atoms with Gasteiger partial charge >= 0.3 is 0 Å². The molecule has 0 aromatic carbocycles. The topological polar surface area (TPSA) is 69.7 Å². The lowest BCUT2D eigenvalue weighted by Crippen LogP contribution is -2.69. The summed E-state index contributed by atoms with van der Waals surface area (Å²) in [4.78, 5) is 0. The molecule has 6 nitrogen and oxygen atoms in total. The van der Waals surface area contributed by atoms with Crippen LogP contribution >= 0.6 is 0 Å². The molecule has 8 atom stereocenters. The summed E-state index contributed by atoms with van der Waals surface area (Å²) >= 11 is 0. The summed E-state index contributed by atoms with van der Waals surface area (Å²) < 4.78 is 31.8. The van der Waals surface area contributed by atoms with Crippen LogP contribution in [0.15, 0.2) is 0 Å². The van der Waals surface area contributed by atoms with Gasteiger partial charge in [0.05, 0.1) is 38.1 Å². The van der Waals surface area contributed by atoms with E-state index in [0.717, 1.165) is 64.2 Å². The summed E-state index contributed by atoms with van der Waals surface area (Å²) in [5, 5.41) is 12.7. The normalized spacial score (nSPS) is 55.3. The van der Waals surface area contributed by atoms with Gasteiger partial charge in [-0.1, -0.05) is 33.6 Å². The van der Waals surface area contributed by atoms with Gasteiger partial charge in [-0.15, -0.1) is 0 Å². The fraction of sp³-hybridized carbons (Fsp3) is 1.00. The van der Waals surface area contributed by atoms with Gasteiger partial charge < -0.3 is 28.8 Å². The summed E-state index contributed by atoms with van der Waals surface area (Å²) in [6.45, 7) is 9.78. The molecule has 3 saturated heterocycles. The van der Waals surface area contributed by atoms with Crippen molar-refractivity contribution in [3.63, 3.8) is 0 Å². The van der Waals surface area contributed by atoms with Gasteiger partial charge in [0, 0.05) is 30.1 Å². The third-order valence-corrected chi connectivity index (χ3v) is 11.7. The van der Waals surface area contributed by atoms with E-state index in [1.807, 2.05) is 0 Å². The fourth-order valence-corrected chi connectivity index (χ4v) is 10.5. The van der Waals surface area contributed by atoms with E-state index < -0.39 is 17.2 Å². The van der Waals surface area contributed by atoms with Gasteiger partial charge in [-0.05, 0) is 49.9 Å². The van der Waals surface area contributed by atoms with E-state index in [-0.39, 0.29) is 28.5 Å². The Kier molecular flexibility index (Phi) is 4.49. The quantitative estimate of drug-likeness (QED) is 0.635. The summed E-state index contributed by atoms with van der Waals surface area (Å²) in [5.41, 5.74) is -1.13. The Morgan fingerprint density at radius 2 is 1.61 bits per heavy atom. The molecule has 0 unspecified atom stereocenters. The lowest BCUT2D eigenvalue weighted by atomic mass is 9.40. The maximum atomic E-state index is 12.7. The van der Waals surface area contributed by atoms with Crippen molar-refractivity contribution in [3.05, 3.63) is 0 Å². The number of hydrogen-bond acceptors (Lipinski definition) is 6. The van der Waals surface area contributed by atoms with E-state index >= 15 is 0 Å². The van der Waals surface area contributed by atoms with Crippen LogP contribution in [0.3, 0.4) is 0 Å². The summed E-state index contributed by atoms with van der Waals surface area (Å²) in [7, 11) is 0. The summed E-state index contributed by atoms with van der Waals surface area (Å²) in [6, 6.07) is 0. The second-order valence-electron chi connectivity index (χ2n) is 13.0. The molecule has 7 rings (SSSR count). The van der Waals surface area contributed by atoms with Crippen LogP contribution in [-0.4, -0.2) is 60.4 Å². The number of unbranched alkanes of at least 4 members (excludes halogenated alkanes) is 1. The van der Waals surface area contributed by atoms with Crippen molar-refractivity contribution in [1.29, 1.82) is 0 Å². The molecule has 7 aliphatic rings. The van der Waals surface area contributed by atoms with E-state index in [1.54, 1.807) is 0 Å². The van der Waals surface area contributed by atoms with E-state index in [1.165, 1.54) is 0 Å².